The van der Waals surface area contributed by atoms with E-state index in [2.05, 4.69) is 0 Å². The van der Waals surface area contributed by atoms with Gasteiger partial charge in [0, 0.05) is 0 Å². The third kappa shape index (κ3) is 0.732. The molecule has 2 nitrogen and oxygen atoms in total. The zero-order chi connectivity index (χ0) is 7.07. The van der Waals surface area contributed by atoms with E-state index in [0.29, 0.717) is 5.92 Å². The largest absolute Gasteiger partial charge is 0.481 e. The van der Waals surface area contributed by atoms with Crippen molar-refractivity contribution >= 4 is 5.97 Å². The van der Waals surface area contributed by atoms with Crippen molar-refractivity contribution in [2.45, 2.75) is 26.7 Å². The van der Waals surface area contributed by atoms with Crippen LogP contribution in [-0.2, 0) is 4.79 Å². The SMILES string of the molecule is C[C@@H]1CC[C@@]1(C)C(=O)O. The van der Waals surface area contributed by atoms with Crippen molar-refractivity contribution in [3.05, 3.63) is 0 Å². The summed E-state index contributed by atoms with van der Waals surface area (Å²) in [4.78, 5) is 10.5. The van der Waals surface area contributed by atoms with Gasteiger partial charge in [-0.25, -0.2) is 0 Å². The van der Waals surface area contributed by atoms with E-state index in [9.17, 15) is 4.79 Å². The van der Waals surface area contributed by atoms with Crippen LogP contribution in [0.25, 0.3) is 0 Å². The summed E-state index contributed by atoms with van der Waals surface area (Å²) < 4.78 is 0. The van der Waals surface area contributed by atoms with Crippen molar-refractivity contribution in [1.29, 1.82) is 0 Å². The highest BCUT2D eigenvalue weighted by molar-refractivity contribution is 5.75. The highest BCUT2D eigenvalue weighted by Crippen LogP contribution is 2.45. The summed E-state index contributed by atoms with van der Waals surface area (Å²) in [5.41, 5.74) is -0.403. The van der Waals surface area contributed by atoms with Crippen molar-refractivity contribution in [1.82, 2.24) is 0 Å². The Bertz CT molecular complexity index is 142. The standard InChI is InChI=1S/C7H12O2/c1-5-3-4-7(5,2)6(8)9/h5H,3-4H2,1-2H3,(H,8,9)/t5-,7-/m1/s1. The predicted octanol–water partition coefficient (Wildman–Crippen LogP) is 1.51. The van der Waals surface area contributed by atoms with Crippen molar-refractivity contribution in [3.8, 4) is 0 Å². The maximum atomic E-state index is 10.5. The van der Waals surface area contributed by atoms with Gasteiger partial charge in [-0.15, -0.1) is 0 Å². The molecule has 1 aliphatic carbocycles. The Morgan fingerprint density at radius 1 is 1.78 bits per heavy atom. The first-order chi connectivity index (χ1) is 4.07. The van der Waals surface area contributed by atoms with Gasteiger partial charge < -0.3 is 5.11 Å². The van der Waals surface area contributed by atoms with E-state index in [4.69, 9.17) is 5.11 Å². The molecule has 0 aliphatic heterocycles. The lowest BCUT2D eigenvalue weighted by Crippen LogP contribution is -2.42. The number of aliphatic carboxylic acids is 1. The highest BCUT2D eigenvalue weighted by Gasteiger charge is 2.45. The molecule has 2 heteroatoms. The second-order valence-corrected chi connectivity index (χ2v) is 3.16. The van der Waals surface area contributed by atoms with Crippen LogP contribution in [0.3, 0.4) is 0 Å². The van der Waals surface area contributed by atoms with Crippen LogP contribution in [0.5, 0.6) is 0 Å². The lowest BCUT2D eigenvalue weighted by atomic mass is 9.62. The molecule has 0 aromatic heterocycles. The van der Waals surface area contributed by atoms with Crippen molar-refractivity contribution in [3.63, 3.8) is 0 Å². The summed E-state index contributed by atoms with van der Waals surface area (Å²) in [6, 6.07) is 0. The molecule has 9 heavy (non-hydrogen) atoms. The molecule has 0 radical (unpaired) electrons. The van der Waals surface area contributed by atoms with Crippen LogP contribution in [-0.4, -0.2) is 11.1 Å². The van der Waals surface area contributed by atoms with Crippen molar-refractivity contribution in [2.75, 3.05) is 0 Å². The molecular weight excluding hydrogens is 116 g/mol. The summed E-state index contributed by atoms with van der Waals surface area (Å²) >= 11 is 0. The first-order valence-electron chi connectivity index (χ1n) is 3.31. The molecule has 0 aromatic carbocycles. The number of rotatable bonds is 1. The Hall–Kier alpha value is -0.530. The topological polar surface area (TPSA) is 37.3 Å². The van der Waals surface area contributed by atoms with Gasteiger partial charge >= 0.3 is 5.97 Å². The molecule has 1 N–H and O–H groups in total. The van der Waals surface area contributed by atoms with Gasteiger partial charge in [-0.2, -0.15) is 0 Å². The minimum Gasteiger partial charge on any atom is -0.481 e. The first kappa shape index (κ1) is 6.59. The quantitative estimate of drug-likeness (QED) is 0.581. The van der Waals surface area contributed by atoms with E-state index in [-0.39, 0.29) is 0 Å². The molecule has 1 fully saturated rings. The maximum Gasteiger partial charge on any atom is 0.309 e. The normalized spacial score (nSPS) is 41.8. The van der Waals surface area contributed by atoms with Gasteiger partial charge in [0.25, 0.3) is 0 Å². The minimum atomic E-state index is -0.638. The fourth-order valence-electron chi connectivity index (χ4n) is 1.18. The number of carboxylic acid groups (broad SMARTS) is 1. The number of carbonyl (C=O) groups is 1. The highest BCUT2D eigenvalue weighted by atomic mass is 16.4. The molecule has 1 rings (SSSR count). The lowest BCUT2D eigenvalue weighted by Gasteiger charge is -2.41. The van der Waals surface area contributed by atoms with Crippen LogP contribution in [0.1, 0.15) is 26.7 Å². The summed E-state index contributed by atoms with van der Waals surface area (Å²) in [5, 5.41) is 8.66. The smallest absolute Gasteiger partial charge is 0.309 e. The zero-order valence-electron chi connectivity index (χ0n) is 5.85. The third-order valence-corrected chi connectivity index (χ3v) is 2.67. The fraction of sp³-hybridized carbons (Fsp3) is 0.857. The van der Waals surface area contributed by atoms with Crippen molar-refractivity contribution < 1.29 is 9.90 Å². The predicted molar refractivity (Wildman–Crippen MR) is 34.1 cm³/mol. The molecule has 0 aromatic rings. The summed E-state index contributed by atoms with van der Waals surface area (Å²) in [5.74, 6) is -0.267. The molecule has 2 atom stereocenters. The average molecular weight is 128 g/mol. The average Bonchev–Trinajstić information content (AvgIpc) is 1.82. The zero-order valence-corrected chi connectivity index (χ0v) is 5.85. The Kier molecular flexibility index (Phi) is 1.26. The monoisotopic (exact) mass is 128 g/mol. The molecular formula is C7H12O2. The Balaban J connectivity index is 2.64. The van der Waals surface area contributed by atoms with E-state index in [1.807, 2.05) is 13.8 Å². The molecule has 0 unspecified atom stereocenters. The van der Waals surface area contributed by atoms with Crippen LogP contribution in [0.2, 0.25) is 0 Å². The van der Waals surface area contributed by atoms with E-state index >= 15 is 0 Å². The third-order valence-electron chi connectivity index (χ3n) is 2.67. The van der Waals surface area contributed by atoms with Crippen LogP contribution in [0.15, 0.2) is 0 Å². The van der Waals surface area contributed by atoms with Gasteiger partial charge in [0.2, 0.25) is 0 Å². The molecule has 52 valence electrons. The first-order valence-corrected chi connectivity index (χ1v) is 3.31. The van der Waals surface area contributed by atoms with Gasteiger partial charge in [-0.3, -0.25) is 4.79 Å². The molecule has 0 saturated heterocycles. The minimum absolute atomic E-state index is 0.370. The molecule has 0 amide bonds. The lowest BCUT2D eigenvalue weighted by molar-refractivity contribution is -0.158. The Morgan fingerprint density at radius 2 is 2.33 bits per heavy atom. The van der Waals surface area contributed by atoms with Crippen LogP contribution in [0, 0.1) is 11.3 Å². The van der Waals surface area contributed by atoms with Crippen LogP contribution >= 0.6 is 0 Å². The van der Waals surface area contributed by atoms with E-state index in [1.165, 1.54) is 0 Å². The Morgan fingerprint density at radius 3 is 2.33 bits per heavy atom. The number of hydrogen-bond acceptors (Lipinski definition) is 1. The maximum absolute atomic E-state index is 10.5. The van der Waals surface area contributed by atoms with E-state index in [0.717, 1.165) is 12.8 Å². The molecule has 1 saturated carbocycles. The molecule has 0 bridgehead atoms. The molecule has 0 heterocycles. The van der Waals surface area contributed by atoms with E-state index < -0.39 is 11.4 Å². The van der Waals surface area contributed by atoms with Crippen molar-refractivity contribution in [2.24, 2.45) is 11.3 Å². The van der Waals surface area contributed by atoms with E-state index in [1.54, 1.807) is 0 Å². The van der Waals surface area contributed by atoms with Gasteiger partial charge in [-0.05, 0) is 25.7 Å². The van der Waals surface area contributed by atoms with Gasteiger partial charge in [0.05, 0.1) is 5.41 Å². The summed E-state index contributed by atoms with van der Waals surface area (Å²) in [7, 11) is 0. The van der Waals surface area contributed by atoms with Crippen LogP contribution < -0.4 is 0 Å². The Labute approximate surface area is 54.9 Å². The fourth-order valence-corrected chi connectivity index (χ4v) is 1.18. The van der Waals surface area contributed by atoms with Gasteiger partial charge in [0.1, 0.15) is 0 Å². The summed E-state index contributed by atoms with van der Waals surface area (Å²) in [6.45, 7) is 3.82. The summed E-state index contributed by atoms with van der Waals surface area (Å²) in [6.07, 6.45) is 1.92. The van der Waals surface area contributed by atoms with Gasteiger partial charge in [-0.1, -0.05) is 6.92 Å². The second-order valence-electron chi connectivity index (χ2n) is 3.16. The second kappa shape index (κ2) is 1.72. The van der Waals surface area contributed by atoms with Crippen LogP contribution in [0.4, 0.5) is 0 Å². The molecule has 0 spiro atoms. The number of carboxylic acids is 1. The molecule has 1 aliphatic rings. The number of hydrogen-bond donors (Lipinski definition) is 1. The van der Waals surface area contributed by atoms with Gasteiger partial charge in [0.15, 0.2) is 0 Å².